The SMILES string of the molecule is CCCCN(Cc1cccc(NC)n1)C1CC1. The minimum Gasteiger partial charge on any atom is -0.373 e. The van der Waals surface area contributed by atoms with Crippen molar-refractivity contribution in [2.24, 2.45) is 0 Å². The van der Waals surface area contributed by atoms with Gasteiger partial charge in [0.25, 0.3) is 0 Å². The summed E-state index contributed by atoms with van der Waals surface area (Å²) in [6.45, 7) is 4.47. The molecule has 0 unspecified atom stereocenters. The van der Waals surface area contributed by atoms with Crippen molar-refractivity contribution in [3.05, 3.63) is 23.9 Å². The number of rotatable bonds is 7. The van der Waals surface area contributed by atoms with E-state index in [0.29, 0.717) is 0 Å². The van der Waals surface area contributed by atoms with Gasteiger partial charge in [-0.1, -0.05) is 19.4 Å². The van der Waals surface area contributed by atoms with E-state index in [0.717, 1.165) is 18.4 Å². The Morgan fingerprint density at radius 2 is 2.24 bits per heavy atom. The van der Waals surface area contributed by atoms with Crippen LogP contribution in [0.25, 0.3) is 0 Å². The van der Waals surface area contributed by atoms with Gasteiger partial charge in [-0.2, -0.15) is 0 Å². The molecular weight excluding hydrogens is 210 g/mol. The fourth-order valence-corrected chi connectivity index (χ4v) is 2.11. The Kier molecular flexibility index (Phi) is 4.37. The molecule has 0 saturated heterocycles. The molecule has 1 saturated carbocycles. The maximum absolute atomic E-state index is 4.60. The van der Waals surface area contributed by atoms with Crippen molar-refractivity contribution in [3.8, 4) is 0 Å². The maximum Gasteiger partial charge on any atom is 0.126 e. The molecule has 1 fully saturated rings. The van der Waals surface area contributed by atoms with Gasteiger partial charge in [-0.05, 0) is 37.9 Å². The third-order valence-corrected chi connectivity index (χ3v) is 3.29. The van der Waals surface area contributed by atoms with Crippen LogP contribution in [0.3, 0.4) is 0 Å². The molecule has 0 aromatic carbocycles. The van der Waals surface area contributed by atoms with E-state index in [1.165, 1.54) is 37.9 Å². The summed E-state index contributed by atoms with van der Waals surface area (Å²) in [5.74, 6) is 0.966. The van der Waals surface area contributed by atoms with E-state index in [9.17, 15) is 0 Å². The van der Waals surface area contributed by atoms with E-state index in [4.69, 9.17) is 0 Å². The van der Waals surface area contributed by atoms with Gasteiger partial charge in [-0.3, -0.25) is 4.90 Å². The zero-order valence-electron chi connectivity index (χ0n) is 10.9. The lowest BCUT2D eigenvalue weighted by atomic mass is 10.2. The molecule has 1 aliphatic carbocycles. The number of hydrogen-bond donors (Lipinski definition) is 1. The van der Waals surface area contributed by atoms with Gasteiger partial charge in [-0.15, -0.1) is 0 Å². The summed E-state index contributed by atoms with van der Waals surface area (Å²) in [5, 5.41) is 3.10. The van der Waals surface area contributed by atoms with Crippen LogP contribution < -0.4 is 5.32 Å². The molecule has 0 amide bonds. The molecule has 2 rings (SSSR count). The minimum absolute atomic E-state index is 0.821. The number of pyridine rings is 1. The van der Waals surface area contributed by atoms with Crippen LogP contribution in [0, 0.1) is 0 Å². The predicted molar refractivity (Wildman–Crippen MR) is 72.1 cm³/mol. The maximum atomic E-state index is 4.60. The third-order valence-electron chi connectivity index (χ3n) is 3.29. The zero-order chi connectivity index (χ0) is 12.1. The highest BCUT2D eigenvalue weighted by atomic mass is 15.2. The van der Waals surface area contributed by atoms with Crippen molar-refractivity contribution in [1.29, 1.82) is 0 Å². The first-order valence-electron chi connectivity index (χ1n) is 6.71. The van der Waals surface area contributed by atoms with Crippen LogP contribution in [-0.4, -0.2) is 29.5 Å². The van der Waals surface area contributed by atoms with Crippen molar-refractivity contribution in [2.45, 2.75) is 45.2 Å². The van der Waals surface area contributed by atoms with Crippen LogP contribution >= 0.6 is 0 Å². The second-order valence-electron chi connectivity index (χ2n) is 4.82. The molecule has 3 heteroatoms. The number of nitrogens with one attached hydrogen (secondary N) is 1. The Bertz CT molecular complexity index is 347. The summed E-state index contributed by atoms with van der Waals surface area (Å²) >= 11 is 0. The summed E-state index contributed by atoms with van der Waals surface area (Å²) in [4.78, 5) is 7.19. The van der Waals surface area contributed by atoms with E-state index in [1.807, 2.05) is 13.1 Å². The molecule has 1 N–H and O–H groups in total. The van der Waals surface area contributed by atoms with Crippen molar-refractivity contribution in [2.75, 3.05) is 18.9 Å². The van der Waals surface area contributed by atoms with Crippen LogP contribution in [0.2, 0.25) is 0 Å². The quantitative estimate of drug-likeness (QED) is 0.785. The van der Waals surface area contributed by atoms with Gasteiger partial charge in [0, 0.05) is 19.6 Å². The average molecular weight is 233 g/mol. The molecule has 94 valence electrons. The largest absolute Gasteiger partial charge is 0.373 e. The summed E-state index contributed by atoms with van der Waals surface area (Å²) < 4.78 is 0. The monoisotopic (exact) mass is 233 g/mol. The minimum atomic E-state index is 0.821. The van der Waals surface area contributed by atoms with Gasteiger partial charge in [0.1, 0.15) is 5.82 Å². The van der Waals surface area contributed by atoms with Crippen LogP contribution in [-0.2, 0) is 6.54 Å². The first-order chi connectivity index (χ1) is 8.33. The smallest absolute Gasteiger partial charge is 0.126 e. The number of aromatic nitrogens is 1. The molecular formula is C14H23N3. The van der Waals surface area contributed by atoms with E-state index in [-0.39, 0.29) is 0 Å². The summed E-state index contributed by atoms with van der Waals surface area (Å²) in [7, 11) is 1.92. The van der Waals surface area contributed by atoms with Crippen molar-refractivity contribution in [3.63, 3.8) is 0 Å². The fourth-order valence-electron chi connectivity index (χ4n) is 2.11. The van der Waals surface area contributed by atoms with Crippen LogP contribution in [0.5, 0.6) is 0 Å². The van der Waals surface area contributed by atoms with Crippen molar-refractivity contribution < 1.29 is 0 Å². The molecule has 0 aliphatic heterocycles. The van der Waals surface area contributed by atoms with Crippen LogP contribution in [0.15, 0.2) is 18.2 Å². The molecule has 1 aliphatic rings. The number of anilines is 1. The first kappa shape index (κ1) is 12.4. The fraction of sp³-hybridized carbons (Fsp3) is 0.643. The Labute approximate surface area is 104 Å². The van der Waals surface area contributed by atoms with E-state index < -0.39 is 0 Å². The molecule has 1 aromatic rings. The number of unbranched alkanes of at least 4 members (excludes halogenated alkanes) is 1. The molecule has 3 nitrogen and oxygen atoms in total. The molecule has 17 heavy (non-hydrogen) atoms. The summed E-state index contributed by atoms with van der Waals surface area (Å²) in [6.07, 6.45) is 5.31. The normalized spacial score (nSPS) is 15.2. The Balaban J connectivity index is 1.95. The van der Waals surface area contributed by atoms with Gasteiger partial charge >= 0.3 is 0 Å². The van der Waals surface area contributed by atoms with Crippen molar-refractivity contribution in [1.82, 2.24) is 9.88 Å². The predicted octanol–water partition coefficient (Wildman–Crippen LogP) is 2.89. The van der Waals surface area contributed by atoms with Gasteiger partial charge in [0.2, 0.25) is 0 Å². The number of nitrogens with zero attached hydrogens (tertiary/aromatic N) is 2. The Hall–Kier alpha value is -1.09. The van der Waals surface area contributed by atoms with E-state index in [1.54, 1.807) is 0 Å². The molecule has 0 spiro atoms. The third kappa shape index (κ3) is 3.70. The topological polar surface area (TPSA) is 28.2 Å². The standard InChI is InChI=1S/C14H23N3/c1-3-4-10-17(13-8-9-13)11-12-6-5-7-14(15-2)16-12/h5-7,13H,3-4,8-11H2,1-2H3,(H,15,16). The Morgan fingerprint density at radius 1 is 1.41 bits per heavy atom. The molecule has 0 bridgehead atoms. The highest BCUT2D eigenvalue weighted by Gasteiger charge is 2.28. The average Bonchev–Trinajstić information content (AvgIpc) is 3.19. The van der Waals surface area contributed by atoms with Gasteiger partial charge in [-0.25, -0.2) is 4.98 Å². The van der Waals surface area contributed by atoms with Gasteiger partial charge in [0.15, 0.2) is 0 Å². The van der Waals surface area contributed by atoms with Crippen molar-refractivity contribution >= 4 is 5.82 Å². The van der Waals surface area contributed by atoms with Crippen LogP contribution in [0.4, 0.5) is 5.82 Å². The molecule has 1 heterocycles. The molecule has 0 radical (unpaired) electrons. The Morgan fingerprint density at radius 3 is 2.88 bits per heavy atom. The lowest BCUT2D eigenvalue weighted by Gasteiger charge is -2.21. The second kappa shape index (κ2) is 6.01. The highest BCUT2D eigenvalue weighted by molar-refractivity contribution is 5.34. The molecule has 0 atom stereocenters. The van der Waals surface area contributed by atoms with E-state index in [2.05, 4.69) is 34.3 Å². The zero-order valence-corrected chi connectivity index (χ0v) is 10.9. The summed E-state index contributed by atoms with van der Waals surface area (Å²) in [5.41, 5.74) is 1.18. The number of hydrogen-bond acceptors (Lipinski definition) is 3. The van der Waals surface area contributed by atoms with Gasteiger partial charge in [0.05, 0.1) is 5.69 Å². The first-order valence-corrected chi connectivity index (χ1v) is 6.71. The second-order valence-corrected chi connectivity index (χ2v) is 4.82. The summed E-state index contributed by atoms with van der Waals surface area (Å²) in [6, 6.07) is 7.04. The van der Waals surface area contributed by atoms with Crippen LogP contribution in [0.1, 0.15) is 38.3 Å². The lowest BCUT2D eigenvalue weighted by molar-refractivity contribution is 0.248. The highest BCUT2D eigenvalue weighted by Crippen LogP contribution is 2.28. The lowest BCUT2D eigenvalue weighted by Crippen LogP contribution is -2.27. The molecule has 1 aromatic heterocycles. The van der Waals surface area contributed by atoms with Gasteiger partial charge < -0.3 is 5.32 Å². The van der Waals surface area contributed by atoms with E-state index >= 15 is 0 Å².